The van der Waals surface area contributed by atoms with E-state index in [1.807, 2.05) is 18.3 Å². The van der Waals surface area contributed by atoms with Crippen LogP contribution in [0.25, 0.3) is 10.9 Å². The molecule has 0 radical (unpaired) electrons. The molecule has 2 aromatic rings. The molecule has 106 valence electrons. The van der Waals surface area contributed by atoms with Crippen molar-refractivity contribution in [2.45, 2.75) is 31.7 Å². The molecule has 0 saturated carbocycles. The number of hydrogen-bond acceptors (Lipinski definition) is 2. The molecular formula is C16H20N2O2. The molecule has 4 heteroatoms. The number of aromatic nitrogens is 1. The molecule has 0 bridgehead atoms. The number of rotatable bonds is 4. The highest BCUT2D eigenvalue weighted by atomic mass is 16.5. The average molecular weight is 272 g/mol. The van der Waals surface area contributed by atoms with Crippen LogP contribution in [0.3, 0.4) is 0 Å². The third-order valence-electron chi connectivity index (χ3n) is 3.82. The van der Waals surface area contributed by atoms with Crippen molar-refractivity contribution in [2.75, 3.05) is 13.2 Å². The predicted octanol–water partition coefficient (Wildman–Crippen LogP) is 2.40. The summed E-state index contributed by atoms with van der Waals surface area (Å²) in [4.78, 5) is 15.2. The molecular weight excluding hydrogens is 252 g/mol. The Hall–Kier alpha value is -1.81. The van der Waals surface area contributed by atoms with E-state index in [1.54, 1.807) is 0 Å². The Kier molecular flexibility index (Phi) is 4.02. The molecule has 0 spiro atoms. The Morgan fingerprint density at radius 1 is 1.40 bits per heavy atom. The van der Waals surface area contributed by atoms with Gasteiger partial charge in [-0.3, -0.25) is 4.79 Å². The van der Waals surface area contributed by atoms with Crippen molar-refractivity contribution in [3.05, 3.63) is 36.0 Å². The maximum atomic E-state index is 12.0. The summed E-state index contributed by atoms with van der Waals surface area (Å²) in [5, 5.41) is 4.26. The molecule has 1 fully saturated rings. The lowest BCUT2D eigenvalue weighted by Gasteiger charge is -2.23. The van der Waals surface area contributed by atoms with Crippen LogP contribution in [-0.2, 0) is 16.0 Å². The van der Waals surface area contributed by atoms with Gasteiger partial charge in [-0.2, -0.15) is 0 Å². The van der Waals surface area contributed by atoms with Crippen molar-refractivity contribution in [1.29, 1.82) is 0 Å². The second kappa shape index (κ2) is 6.09. The van der Waals surface area contributed by atoms with Gasteiger partial charge in [-0.05, 0) is 30.9 Å². The van der Waals surface area contributed by atoms with Gasteiger partial charge in [-0.25, -0.2) is 0 Å². The molecule has 2 N–H and O–H groups in total. The van der Waals surface area contributed by atoms with Gasteiger partial charge in [0.2, 0.25) is 5.91 Å². The average Bonchev–Trinajstić information content (AvgIpc) is 2.89. The summed E-state index contributed by atoms with van der Waals surface area (Å²) < 4.78 is 5.37. The maximum Gasteiger partial charge on any atom is 0.220 e. The van der Waals surface area contributed by atoms with E-state index in [0.29, 0.717) is 13.0 Å². The first-order valence-corrected chi connectivity index (χ1v) is 7.25. The summed E-state index contributed by atoms with van der Waals surface area (Å²) in [5.41, 5.74) is 2.33. The molecule has 1 aliphatic rings. The van der Waals surface area contributed by atoms with Crippen LogP contribution in [0.4, 0.5) is 0 Å². The highest BCUT2D eigenvalue weighted by Gasteiger charge is 2.16. The summed E-state index contributed by atoms with van der Waals surface area (Å²) in [5.74, 6) is 0.116. The van der Waals surface area contributed by atoms with E-state index in [4.69, 9.17) is 4.74 Å². The van der Waals surface area contributed by atoms with Gasteiger partial charge in [0.15, 0.2) is 0 Å². The number of H-pyrrole nitrogens is 1. The fourth-order valence-corrected chi connectivity index (χ4v) is 2.74. The molecule has 2 heterocycles. The topological polar surface area (TPSA) is 54.1 Å². The van der Waals surface area contributed by atoms with Gasteiger partial charge in [-0.1, -0.05) is 18.2 Å². The van der Waals surface area contributed by atoms with E-state index in [0.717, 1.165) is 31.4 Å². The van der Waals surface area contributed by atoms with E-state index in [2.05, 4.69) is 22.4 Å². The van der Waals surface area contributed by atoms with Gasteiger partial charge in [0.05, 0.1) is 12.6 Å². The molecule has 1 saturated heterocycles. The van der Waals surface area contributed by atoms with Gasteiger partial charge >= 0.3 is 0 Å². The summed E-state index contributed by atoms with van der Waals surface area (Å²) in [6.07, 6.45) is 5.36. The number of fused-ring (bicyclic) bond motifs is 1. The number of benzene rings is 1. The molecule has 4 nitrogen and oxygen atoms in total. The second-order valence-corrected chi connectivity index (χ2v) is 5.34. The summed E-state index contributed by atoms with van der Waals surface area (Å²) in [7, 11) is 0. The number of para-hydroxylation sites is 1. The minimum Gasteiger partial charge on any atom is -0.379 e. The zero-order valence-corrected chi connectivity index (χ0v) is 11.5. The third-order valence-corrected chi connectivity index (χ3v) is 3.82. The van der Waals surface area contributed by atoms with E-state index in [1.165, 1.54) is 10.9 Å². The van der Waals surface area contributed by atoms with Crippen LogP contribution in [0.2, 0.25) is 0 Å². The Bertz CT molecular complexity index is 585. The van der Waals surface area contributed by atoms with Crippen molar-refractivity contribution < 1.29 is 9.53 Å². The Morgan fingerprint density at radius 3 is 3.15 bits per heavy atom. The van der Waals surface area contributed by atoms with E-state index >= 15 is 0 Å². The lowest BCUT2D eigenvalue weighted by Crippen LogP contribution is -2.40. The molecule has 20 heavy (non-hydrogen) atoms. The van der Waals surface area contributed by atoms with Crippen molar-refractivity contribution >= 4 is 16.8 Å². The zero-order chi connectivity index (χ0) is 13.8. The van der Waals surface area contributed by atoms with Gasteiger partial charge in [-0.15, -0.1) is 0 Å². The summed E-state index contributed by atoms with van der Waals surface area (Å²) >= 11 is 0. The molecule has 3 rings (SSSR count). The number of ether oxygens (including phenoxy) is 1. The van der Waals surface area contributed by atoms with Crippen LogP contribution >= 0.6 is 0 Å². The predicted molar refractivity (Wildman–Crippen MR) is 78.6 cm³/mol. The quantitative estimate of drug-likeness (QED) is 0.898. The first-order chi connectivity index (χ1) is 9.83. The Labute approximate surface area is 118 Å². The van der Waals surface area contributed by atoms with Crippen molar-refractivity contribution in [3.8, 4) is 0 Å². The molecule has 1 aliphatic heterocycles. The van der Waals surface area contributed by atoms with Crippen LogP contribution in [0.5, 0.6) is 0 Å². The normalized spacial score (nSPS) is 19.1. The second-order valence-electron chi connectivity index (χ2n) is 5.34. The van der Waals surface area contributed by atoms with E-state index in [9.17, 15) is 4.79 Å². The van der Waals surface area contributed by atoms with Gasteiger partial charge in [0.1, 0.15) is 0 Å². The number of aryl methyl sites for hydroxylation is 1. The van der Waals surface area contributed by atoms with Gasteiger partial charge in [0.25, 0.3) is 0 Å². The third kappa shape index (κ3) is 3.02. The van der Waals surface area contributed by atoms with Crippen molar-refractivity contribution in [1.82, 2.24) is 10.3 Å². The number of amides is 1. The fraction of sp³-hybridized carbons (Fsp3) is 0.438. The highest BCUT2D eigenvalue weighted by Crippen LogP contribution is 2.19. The minimum atomic E-state index is 0.116. The van der Waals surface area contributed by atoms with Crippen LogP contribution in [0, 0.1) is 0 Å². The largest absolute Gasteiger partial charge is 0.379 e. The number of hydrogen-bond donors (Lipinski definition) is 2. The van der Waals surface area contributed by atoms with Crippen LogP contribution in [0.15, 0.2) is 30.5 Å². The smallest absolute Gasteiger partial charge is 0.220 e. The monoisotopic (exact) mass is 272 g/mol. The summed E-state index contributed by atoms with van der Waals surface area (Å²) in [6, 6.07) is 8.38. The first-order valence-electron chi connectivity index (χ1n) is 7.25. The lowest BCUT2D eigenvalue weighted by atomic mass is 10.1. The van der Waals surface area contributed by atoms with Crippen LogP contribution in [-0.4, -0.2) is 30.1 Å². The van der Waals surface area contributed by atoms with Gasteiger partial charge < -0.3 is 15.0 Å². The van der Waals surface area contributed by atoms with E-state index < -0.39 is 0 Å². The maximum absolute atomic E-state index is 12.0. The van der Waals surface area contributed by atoms with Crippen LogP contribution < -0.4 is 5.32 Å². The van der Waals surface area contributed by atoms with Gasteiger partial charge in [0, 0.05) is 30.1 Å². The summed E-state index contributed by atoms with van der Waals surface area (Å²) in [6.45, 7) is 1.47. The molecule has 1 amide bonds. The molecule has 0 aliphatic carbocycles. The molecule has 1 aromatic carbocycles. The van der Waals surface area contributed by atoms with E-state index in [-0.39, 0.29) is 11.9 Å². The number of aromatic amines is 1. The van der Waals surface area contributed by atoms with Crippen LogP contribution in [0.1, 0.15) is 24.8 Å². The van der Waals surface area contributed by atoms with Crippen molar-refractivity contribution in [3.63, 3.8) is 0 Å². The number of carbonyl (C=O) groups excluding carboxylic acids is 1. The number of nitrogens with one attached hydrogen (secondary N) is 2. The SMILES string of the molecule is O=C(CCc1c[nH]c2ccccc12)N[C@H]1CCCOC1. The Morgan fingerprint density at radius 2 is 2.30 bits per heavy atom. The minimum absolute atomic E-state index is 0.116. The molecule has 0 unspecified atom stereocenters. The standard InChI is InChI=1S/C16H20N2O2/c19-16(18-13-4-3-9-20-11-13)8-7-12-10-17-15-6-2-1-5-14(12)15/h1-2,5-6,10,13,17H,3-4,7-9,11H2,(H,18,19)/t13-/m0/s1. The van der Waals surface area contributed by atoms with Crippen molar-refractivity contribution in [2.24, 2.45) is 0 Å². The lowest BCUT2D eigenvalue weighted by molar-refractivity contribution is -0.122. The zero-order valence-electron chi connectivity index (χ0n) is 11.5. The fourth-order valence-electron chi connectivity index (χ4n) is 2.74. The highest BCUT2D eigenvalue weighted by molar-refractivity contribution is 5.84. The molecule has 1 atom stereocenters. The Balaban J connectivity index is 1.54. The number of carbonyl (C=O) groups is 1. The first kappa shape index (κ1) is 13.2. The molecule has 1 aromatic heterocycles.